The molecule has 6 nitrogen and oxygen atoms in total. The highest BCUT2D eigenvalue weighted by molar-refractivity contribution is 7.91. The Bertz CT molecular complexity index is 980. The van der Waals surface area contributed by atoms with Crippen molar-refractivity contribution in [3.8, 4) is 0 Å². The van der Waals surface area contributed by atoms with Crippen LogP contribution in [0, 0.1) is 0 Å². The molecule has 0 spiro atoms. The summed E-state index contributed by atoms with van der Waals surface area (Å²) in [5, 5.41) is 5.58. The van der Waals surface area contributed by atoms with Gasteiger partial charge in [0.05, 0.1) is 4.90 Å². The fraction of sp³-hybridized carbons (Fsp3) is 0.250. The van der Waals surface area contributed by atoms with Gasteiger partial charge in [0.15, 0.2) is 0 Å². The minimum Gasteiger partial charge on any atom is -0.393 e. The lowest BCUT2D eigenvalue weighted by molar-refractivity contribution is 0.102. The number of hydrogen-bond donors (Lipinski definition) is 4. The summed E-state index contributed by atoms with van der Waals surface area (Å²) >= 11 is 4.39. The fourth-order valence-corrected chi connectivity index (χ4v) is 4.56. The zero-order valence-electron chi connectivity index (χ0n) is 16.3. The molecule has 150 valence electrons. The van der Waals surface area contributed by atoms with E-state index in [1.807, 2.05) is 6.07 Å². The summed E-state index contributed by atoms with van der Waals surface area (Å²) in [5.41, 5.74) is 0.612. The predicted octanol–water partition coefficient (Wildman–Crippen LogP) is 3.46. The predicted molar refractivity (Wildman–Crippen MR) is 117 cm³/mol. The van der Waals surface area contributed by atoms with Gasteiger partial charge in [-0.2, -0.15) is 0 Å². The second kappa shape index (κ2) is 8.81. The van der Waals surface area contributed by atoms with Crippen molar-refractivity contribution in [2.24, 2.45) is 0 Å². The average Bonchev–Trinajstić information content (AvgIpc) is 2.60. The largest absolute Gasteiger partial charge is 0.393 e. The SMILES string of the molecule is CN/C=C(\S)c1ccc(NC(=O)c2ccccc2)cc1S(=O)(=O)NC(C)(C)C. The van der Waals surface area contributed by atoms with Crippen LogP contribution in [0.4, 0.5) is 5.69 Å². The van der Waals surface area contributed by atoms with Crippen LogP contribution in [0.25, 0.3) is 4.91 Å². The lowest BCUT2D eigenvalue weighted by atomic mass is 10.1. The van der Waals surface area contributed by atoms with Gasteiger partial charge >= 0.3 is 0 Å². The van der Waals surface area contributed by atoms with Gasteiger partial charge in [-0.15, -0.1) is 12.6 Å². The van der Waals surface area contributed by atoms with Crippen LogP contribution in [-0.2, 0) is 10.0 Å². The lowest BCUT2D eigenvalue weighted by Gasteiger charge is -2.22. The number of sulfonamides is 1. The second-order valence-corrected chi connectivity index (χ2v) is 9.34. The van der Waals surface area contributed by atoms with Gasteiger partial charge < -0.3 is 10.6 Å². The molecule has 0 bridgehead atoms. The molecule has 28 heavy (non-hydrogen) atoms. The van der Waals surface area contributed by atoms with E-state index in [1.165, 1.54) is 6.07 Å². The highest BCUT2D eigenvalue weighted by Crippen LogP contribution is 2.29. The summed E-state index contributed by atoms with van der Waals surface area (Å²) in [6.07, 6.45) is 1.59. The van der Waals surface area contributed by atoms with Gasteiger partial charge in [0, 0.05) is 40.5 Å². The fourth-order valence-electron chi connectivity index (χ4n) is 2.50. The first-order valence-electron chi connectivity index (χ1n) is 8.65. The third-order valence-electron chi connectivity index (χ3n) is 3.56. The second-order valence-electron chi connectivity index (χ2n) is 7.20. The molecule has 0 atom stereocenters. The van der Waals surface area contributed by atoms with Crippen molar-refractivity contribution in [2.45, 2.75) is 31.2 Å². The highest BCUT2D eigenvalue weighted by Gasteiger charge is 2.26. The third kappa shape index (κ3) is 5.85. The van der Waals surface area contributed by atoms with Crippen molar-refractivity contribution in [2.75, 3.05) is 12.4 Å². The van der Waals surface area contributed by atoms with E-state index in [4.69, 9.17) is 0 Å². The summed E-state index contributed by atoms with van der Waals surface area (Å²) in [6.45, 7) is 5.28. The van der Waals surface area contributed by atoms with Crippen molar-refractivity contribution in [3.05, 3.63) is 65.9 Å². The molecule has 0 fully saturated rings. The number of benzene rings is 2. The van der Waals surface area contributed by atoms with Gasteiger partial charge in [-0.1, -0.05) is 24.3 Å². The molecular weight excluding hydrogens is 394 g/mol. The summed E-state index contributed by atoms with van der Waals surface area (Å²) < 4.78 is 28.6. The highest BCUT2D eigenvalue weighted by atomic mass is 32.2. The van der Waals surface area contributed by atoms with Gasteiger partial charge in [0.2, 0.25) is 10.0 Å². The monoisotopic (exact) mass is 419 g/mol. The number of nitrogens with one attached hydrogen (secondary N) is 3. The van der Waals surface area contributed by atoms with E-state index < -0.39 is 15.6 Å². The van der Waals surface area contributed by atoms with Crippen molar-refractivity contribution in [3.63, 3.8) is 0 Å². The molecule has 0 aliphatic carbocycles. The number of anilines is 1. The Labute approximate surface area is 171 Å². The molecule has 0 heterocycles. The first kappa shape index (κ1) is 22.0. The number of carbonyl (C=O) groups excluding carboxylic acids is 1. The third-order valence-corrected chi connectivity index (χ3v) is 5.73. The molecular formula is C20H25N3O3S2. The number of amides is 1. The smallest absolute Gasteiger partial charge is 0.255 e. The van der Waals surface area contributed by atoms with E-state index in [-0.39, 0.29) is 10.8 Å². The van der Waals surface area contributed by atoms with E-state index in [0.29, 0.717) is 21.7 Å². The number of hydrogen-bond acceptors (Lipinski definition) is 5. The summed E-state index contributed by atoms with van der Waals surface area (Å²) in [6, 6.07) is 13.4. The molecule has 0 aliphatic rings. The Morgan fingerprint density at radius 2 is 1.71 bits per heavy atom. The van der Waals surface area contributed by atoms with Crippen LogP contribution in [0.5, 0.6) is 0 Å². The Morgan fingerprint density at radius 3 is 2.29 bits per heavy atom. The topological polar surface area (TPSA) is 87.3 Å². The molecule has 0 saturated carbocycles. The van der Waals surface area contributed by atoms with Crippen LogP contribution in [-0.4, -0.2) is 26.9 Å². The van der Waals surface area contributed by atoms with E-state index in [9.17, 15) is 13.2 Å². The maximum Gasteiger partial charge on any atom is 0.255 e. The quantitative estimate of drug-likeness (QED) is 0.540. The first-order valence-corrected chi connectivity index (χ1v) is 10.6. The molecule has 0 aliphatic heterocycles. The number of carbonyl (C=O) groups is 1. The van der Waals surface area contributed by atoms with Gasteiger partial charge in [-0.3, -0.25) is 4.79 Å². The standard InChI is InChI=1S/C20H25N3O3S2/c1-20(2,3)23-28(25,26)18-12-15(10-11-16(18)17(27)13-21-4)22-19(24)14-8-6-5-7-9-14/h5-13,21,23,27H,1-4H3,(H,22,24)/b17-13-. The maximum absolute atomic E-state index is 13.0. The Morgan fingerprint density at radius 1 is 1.07 bits per heavy atom. The van der Waals surface area contributed by atoms with Gasteiger partial charge in [-0.05, 0) is 45.0 Å². The van der Waals surface area contributed by atoms with Gasteiger partial charge in [0.1, 0.15) is 0 Å². The van der Waals surface area contributed by atoms with Crippen molar-refractivity contribution in [1.29, 1.82) is 0 Å². The minimum absolute atomic E-state index is 0.0322. The Hall–Kier alpha value is -2.29. The van der Waals surface area contributed by atoms with Crippen molar-refractivity contribution in [1.82, 2.24) is 10.0 Å². The summed E-state index contributed by atoms with van der Waals surface area (Å²) in [7, 11) is -2.15. The molecule has 0 saturated heterocycles. The molecule has 0 aromatic heterocycles. The molecule has 2 aromatic carbocycles. The summed E-state index contributed by atoms with van der Waals surface area (Å²) in [4.78, 5) is 12.9. The first-order chi connectivity index (χ1) is 13.0. The van der Waals surface area contributed by atoms with Crippen LogP contribution < -0.4 is 15.4 Å². The van der Waals surface area contributed by atoms with E-state index >= 15 is 0 Å². The minimum atomic E-state index is -3.85. The average molecular weight is 420 g/mol. The van der Waals surface area contributed by atoms with Crippen LogP contribution in [0.2, 0.25) is 0 Å². The van der Waals surface area contributed by atoms with E-state index in [0.717, 1.165) is 0 Å². The molecule has 0 radical (unpaired) electrons. The lowest BCUT2D eigenvalue weighted by Crippen LogP contribution is -2.40. The van der Waals surface area contributed by atoms with Gasteiger partial charge in [-0.25, -0.2) is 13.1 Å². The molecule has 2 aromatic rings. The summed E-state index contributed by atoms with van der Waals surface area (Å²) in [5.74, 6) is -0.322. The Balaban J connectivity index is 2.49. The van der Waals surface area contributed by atoms with Crippen molar-refractivity contribution >= 4 is 39.2 Å². The van der Waals surface area contributed by atoms with E-state index in [2.05, 4.69) is 28.0 Å². The van der Waals surface area contributed by atoms with Crippen LogP contribution in [0.15, 0.2) is 59.6 Å². The maximum atomic E-state index is 13.0. The molecule has 3 N–H and O–H groups in total. The number of thiol groups is 1. The molecule has 2 rings (SSSR count). The Kier molecular flexibility index (Phi) is 6.92. The van der Waals surface area contributed by atoms with Crippen LogP contribution in [0.1, 0.15) is 36.7 Å². The van der Waals surface area contributed by atoms with Crippen LogP contribution in [0.3, 0.4) is 0 Å². The van der Waals surface area contributed by atoms with Crippen LogP contribution >= 0.6 is 12.6 Å². The normalized spacial score (nSPS) is 12.5. The zero-order valence-corrected chi connectivity index (χ0v) is 18.0. The zero-order chi connectivity index (χ0) is 20.9. The number of rotatable bonds is 6. The molecule has 8 heteroatoms. The van der Waals surface area contributed by atoms with Crippen molar-refractivity contribution < 1.29 is 13.2 Å². The molecule has 0 unspecified atom stereocenters. The van der Waals surface area contributed by atoms with E-state index in [1.54, 1.807) is 70.4 Å². The van der Waals surface area contributed by atoms with Gasteiger partial charge in [0.25, 0.3) is 5.91 Å². The molecule has 1 amide bonds.